The van der Waals surface area contributed by atoms with Crippen LogP contribution in [0.4, 0.5) is 10.1 Å². The van der Waals surface area contributed by atoms with Crippen molar-refractivity contribution in [3.8, 4) is 16.9 Å². The maximum Gasteiger partial charge on any atom is 0.248 e. The molecule has 3 aromatic carbocycles. The van der Waals surface area contributed by atoms with Crippen molar-refractivity contribution in [3.05, 3.63) is 87.9 Å². The lowest BCUT2D eigenvalue weighted by atomic mass is 9.94. The van der Waals surface area contributed by atoms with Crippen molar-refractivity contribution in [1.82, 2.24) is 0 Å². The van der Waals surface area contributed by atoms with Crippen molar-refractivity contribution < 1.29 is 18.3 Å². The Labute approximate surface area is 203 Å². The second kappa shape index (κ2) is 9.35. The van der Waals surface area contributed by atoms with Gasteiger partial charge in [-0.1, -0.05) is 35.4 Å². The van der Waals surface area contributed by atoms with E-state index in [1.807, 2.05) is 19.9 Å². The molecule has 1 heterocycles. The fourth-order valence-electron chi connectivity index (χ4n) is 4.22. The van der Waals surface area contributed by atoms with Crippen LogP contribution in [0.25, 0.3) is 27.7 Å². The van der Waals surface area contributed by atoms with Gasteiger partial charge >= 0.3 is 0 Å². The highest BCUT2D eigenvalue weighted by atomic mass is 35.5. The molecule has 1 aromatic heterocycles. The summed E-state index contributed by atoms with van der Waals surface area (Å²) in [5.74, 6) is -0.262. The monoisotopic (exact) mass is 477 g/mol. The lowest BCUT2D eigenvalue weighted by molar-refractivity contribution is -0.111. The largest absolute Gasteiger partial charge is 0.496 e. The zero-order valence-electron chi connectivity index (χ0n) is 19.7. The summed E-state index contributed by atoms with van der Waals surface area (Å²) in [6, 6.07) is 12.4. The van der Waals surface area contributed by atoms with E-state index in [-0.39, 0.29) is 10.9 Å². The highest BCUT2D eigenvalue weighted by molar-refractivity contribution is 6.31. The first-order valence-electron chi connectivity index (χ1n) is 10.8. The number of ether oxygens (including phenoxy) is 1. The molecule has 6 heteroatoms. The number of halogens is 2. The Bertz CT molecular complexity index is 1450. The zero-order chi connectivity index (χ0) is 24.6. The van der Waals surface area contributed by atoms with Crippen LogP contribution in [0.3, 0.4) is 0 Å². The molecule has 0 aliphatic carbocycles. The third-order valence-electron chi connectivity index (χ3n) is 5.88. The van der Waals surface area contributed by atoms with Gasteiger partial charge in [-0.05, 0) is 68.7 Å². The number of nitrogens with one attached hydrogen (secondary N) is 1. The van der Waals surface area contributed by atoms with Crippen LogP contribution < -0.4 is 10.1 Å². The van der Waals surface area contributed by atoms with E-state index < -0.39 is 5.82 Å². The number of allylic oxidation sites excluding steroid dienone is 1. The average molecular weight is 478 g/mol. The summed E-state index contributed by atoms with van der Waals surface area (Å²) < 4.78 is 25.1. The standard InChI is InChI=1S/C28H25ClFNO3/c1-15-6-8-20(16(2)10-15)23-14-34-28-18(4)27(33-5)21(13-22(23)28)17(3)11-26(32)31-19-7-9-25(30)24(29)12-19/h6-14H,1-5H3,(H,31,32)/b17-11+. The lowest BCUT2D eigenvalue weighted by Crippen LogP contribution is -2.09. The molecule has 0 fully saturated rings. The Morgan fingerprint density at radius 2 is 1.85 bits per heavy atom. The van der Waals surface area contributed by atoms with Crippen LogP contribution in [0.15, 0.2) is 59.2 Å². The molecule has 0 atom stereocenters. The Hall–Kier alpha value is -3.57. The maximum atomic E-state index is 13.4. The molecule has 4 rings (SSSR count). The van der Waals surface area contributed by atoms with Crippen molar-refractivity contribution in [1.29, 1.82) is 0 Å². The number of anilines is 1. The van der Waals surface area contributed by atoms with Gasteiger partial charge in [0, 0.05) is 33.8 Å². The quantitative estimate of drug-likeness (QED) is 0.297. The number of amides is 1. The van der Waals surface area contributed by atoms with Crippen LogP contribution in [-0.4, -0.2) is 13.0 Å². The molecule has 0 bridgehead atoms. The molecule has 0 spiro atoms. The predicted octanol–water partition coefficient (Wildman–Crippen LogP) is 7.87. The first-order chi connectivity index (χ1) is 16.2. The Morgan fingerprint density at radius 3 is 2.53 bits per heavy atom. The van der Waals surface area contributed by atoms with E-state index in [9.17, 15) is 9.18 Å². The van der Waals surface area contributed by atoms with Gasteiger partial charge in [0.05, 0.1) is 18.4 Å². The van der Waals surface area contributed by atoms with Gasteiger partial charge in [-0.15, -0.1) is 0 Å². The van der Waals surface area contributed by atoms with Gasteiger partial charge in [-0.25, -0.2) is 4.39 Å². The van der Waals surface area contributed by atoms with E-state index in [2.05, 4.69) is 37.4 Å². The molecule has 0 saturated carbocycles. The highest BCUT2D eigenvalue weighted by Gasteiger charge is 2.19. The first kappa shape index (κ1) is 23.6. The van der Waals surface area contributed by atoms with Gasteiger partial charge in [0.2, 0.25) is 5.91 Å². The van der Waals surface area contributed by atoms with Crippen LogP contribution in [-0.2, 0) is 4.79 Å². The van der Waals surface area contributed by atoms with Crippen molar-refractivity contribution in [2.75, 3.05) is 12.4 Å². The second-order valence-corrected chi connectivity index (χ2v) is 8.78. The molecule has 0 aliphatic heterocycles. The van der Waals surface area contributed by atoms with E-state index >= 15 is 0 Å². The number of furan rings is 1. The van der Waals surface area contributed by atoms with E-state index in [0.717, 1.165) is 38.8 Å². The number of benzene rings is 3. The third-order valence-corrected chi connectivity index (χ3v) is 6.17. The fraction of sp³-hybridized carbons (Fsp3) is 0.179. The van der Waals surface area contributed by atoms with E-state index in [1.165, 1.54) is 29.8 Å². The van der Waals surface area contributed by atoms with Crippen LogP contribution in [0, 0.1) is 26.6 Å². The SMILES string of the molecule is COc1c(/C(C)=C/C(=O)Nc2ccc(F)c(Cl)c2)cc2c(-c3ccc(C)cc3C)coc2c1C. The Balaban J connectivity index is 1.77. The number of hydrogen-bond acceptors (Lipinski definition) is 3. The Kier molecular flexibility index (Phi) is 6.49. The third kappa shape index (κ3) is 4.44. The van der Waals surface area contributed by atoms with Gasteiger partial charge in [-0.3, -0.25) is 4.79 Å². The average Bonchev–Trinajstić information content (AvgIpc) is 3.20. The minimum Gasteiger partial charge on any atom is -0.496 e. The molecular weight excluding hydrogens is 453 g/mol. The summed E-state index contributed by atoms with van der Waals surface area (Å²) in [4.78, 5) is 12.7. The van der Waals surface area contributed by atoms with Gasteiger partial charge in [-0.2, -0.15) is 0 Å². The molecule has 1 amide bonds. The van der Waals surface area contributed by atoms with Gasteiger partial charge in [0.1, 0.15) is 17.1 Å². The Morgan fingerprint density at radius 1 is 1.09 bits per heavy atom. The van der Waals surface area contributed by atoms with Gasteiger partial charge in [0.25, 0.3) is 0 Å². The smallest absolute Gasteiger partial charge is 0.248 e. The maximum absolute atomic E-state index is 13.4. The van der Waals surface area contributed by atoms with E-state index in [1.54, 1.807) is 13.4 Å². The molecule has 0 aliphatic rings. The van der Waals surface area contributed by atoms with Crippen molar-refractivity contribution >= 4 is 39.7 Å². The number of aryl methyl sites for hydroxylation is 3. The molecule has 4 aromatic rings. The molecule has 0 unspecified atom stereocenters. The number of carbonyl (C=O) groups excluding carboxylic acids is 1. The molecule has 4 nitrogen and oxygen atoms in total. The summed E-state index contributed by atoms with van der Waals surface area (Å²) >= 11 is 5.82. The van der Waals surface area contributed by atoms with Crippen LogP contribution >= 0.6 is 11.6 Å². The first-order valence-corrected chi connectivity index (χ1v) is 11.2. The van der Waals surface area contributed by atoms with E-state index in [0.29, 0.717) is 17.0 Å². The molecule has 1 N–H and O–H groups in total. The molecule has 0 radical (unpaired) electrons. The van der Waals surface area contributed by atoms with Gasteiger partial charge in [0.15, 0.2) is 0 Å². The predicted molar refractivity (Wildman–Crippen MR) is 136 cm³/mol. The summed E-state index contributed by atoms with van der Waals surface area (Å²) in [6.45, 7) is 7.93. The fourth-order valence-corrected chi connectivity index (χ4v) is 4.40. The number of hydrogen-bond donors (Lipinski definition) is 1. The molecule has 174 valence electrons. The number of rotatable bonds is 5. The zero-order valence-corrected chi connectivity index (χ0v) is 20.4. The van der Waals surface area contributed by atoms with Crippen LogP contribution in [0.2, 0.25) is 5.02 Å². The summed E-state index contributed by atoms with van der Waals surface area (Å²) in [5.41, 5.74) is 7.92. The van der Waals surface area contributed by atoms with Crippen molar-refractivity contribution in [2.24, 2.45) is 0 Å². The lowest BCUT2D eigenvalue weighted by Gasteiger charge is -2.14. The number of methoxy groups -OCH3 is 1. The van der Waals surface area contributed by atoms with Crippen molar-refractivity contribution in [2.45, 2.75) is 27.7 Å². The normalized spacial score (nSPS) is 11.7. The molecule has 34 heavy (non-hydrogen) atoms. The van der Waals surface area contributed by atoms with Gasteiger partial charge < -0.3 is 14.5 Å². The molecule has 0 saturated heterocycles. The minimum atomic E-state index is -0.542. The van der Waals surface area contributed by atoms with Crippen molar-refractivity contribution in [3.63, 3.8) is 0 Å². The number of carbonyl (C=O) groups is 1. The highest BCUT2D eigenvalue weighted by Crippen LogP contribution is 2.41. The molecular formula is C28H25ClFNO3. The topological polar surface area (TPSA) is 51.5 Å². The summed E-state index contributed by atoms with van der Waals surface area (Å²) in [5, 5.41) is 3.61. The van der Waals surface area contributed by atoms with E-state index in [4.69, 9.17) is 20.8 Å². The summed E-state index contributed by atoms with van der Waals surface area (Å²) in [7, 11) is 1.60. The van der Waals surface area contributed by atoms with Crippen LogP contribution in [0.1, 0.15) is 29.2 Å². The summed E-state index contributed by atoms with van der Waals surface area (Å²) in [6.07, 6.45) is 3.25. The second-order valence-electron chi connectivity index (χ2n) is 8.37. The number of fused-ring (bicyclic) bond motifs is 1. The minimum absolute atomic E-state index is 0.0554. The van der Waals surface area contributed by atoms with Crippen LogP contribution in [0.5, 0.6) is 5.75 Å².